The van der Waals surface area contributed by atoms with Crippen molar-refractivity contribution in [1.29, 1.82) is 0 Å². The van der Waals surface area contributed by atoms with E-state index < -0.39 is 0 Å². The SMILES string of the molecule is CCCCC(Sc1n[nH]c(CC)n1)C(=O)Nc1cc(C)on1. The van der Waals surface area contributed by atoms with Gasteiger partial charge in [0.1, 0.15) is 11.6 Å². The third-order valence-corrected chi connectivity index (χ3v) is 4.21. The van der Waals surface area contributed by atoms with Crippen molar-refractivity contribution in [3.05, 3.63) is 17.7 Å². The summed E-state index contributed by atoms with van der Waals surface area (Å²) >= 11 is 1.38. The molecule has 2 heterocycles. The van der Waals surface area contributed by atoms with Crippen LogP contribution in [0.1, 0.15) is 44.7 Å². The number of H-pyrrole nitrogens is 1. The van der Waals surface area contributed by atoms with Gasteiger partial charge in [0.15, 0.2) is 5.82 Å². The zero-order chi connectivity index (χ0) is 15.9. The summed E-state index contributed by atoms with van der Waals surface area (Å²) in [5, 5.41) is 13.9. The largest absolute Gasteiger partial charge is 0.360 e. The number of carbonyl (C=O) groups excluding carboxylic acids is 1. The molecule has 0 radical (unpaired) electrons. The van der Waals surface area contributed by atoms with Crippen LogP contribution in [0.5, 0.6) is 0 Å². The second kappa shape index (κ2) is 7.98. The molecule has 0 fully saturated rings. The zero-order valence-corrected chi connectivity index (χ0v) is 13.9. The van der Waals surface area contributed by atoms with Gasteiger partial charge in [-0.1, -0.05) is 43.6 Å². The number of aromatic amines is 1. The van der Waals surface area contributed by atoms with Crippen LogP contribution in [-0.4, -0.2) is 31.5 Å². The van der Waals surface area contributed by atoms with E-state index in [1.807, 2.05) is 6.92 Å². The molecule has 2 N–H and O–H groups in total. The quantitative estimate of drug-likeness (QED) is 0.725. The Morgan fingerprint density at radius 3 is 2.91 bits per heavy atom. The van der Waals surface area contributed by atoms with Gasteiger partial charge in [0, 0.05) is 12.5 Å². The Labute approximate surface area is 133 Å². The van der Waals surface area contributed by atoms with Crippen molar-refractivity contribution in [2.45, 2.75) is 56.9 Å². The van der Waals surface area contributed by atoms with E-state index in [1.54, 1.807) is 13.0 Å². The molecule has 0 aliphatic rings. The summed E-state index contributed by atoms with van der Waals surface area (Å²) in [6, 6.07) is 1.70. The van der Waals surface area contributed by atoms with Crippen molar-refractivity contribution in [3.8, 4) is 0 Å². The Morgan fingerprint density at radius 2 is 2.32 bits per heavy atom. The molecule has 2 aromatic rings. The summed E-state index contributed by atoms with van der Waals surface area (Å²) in [6.07, 6.45) is 3.55. The first-order chi connectivity index (χ1) is 10.6. The highest BCUT2D eigenvalue weighted by Gasteiger charge is 2.22. The summed E-state index contributed by atoms with van der Waals surface area (Å²) in [5.41, 5.74) is 0. The lowest BCUT2D eigenvalue weighted by Crippen LogP contribution is -2.25. The number of carbonyl (C=O) groups is 1. The number of amides is 1. The van der Waals surface area contributed by atoms with Gasteiger partial charge in [-0.2, -0.15) is 0 Å². The number of anilines is 1. The fraction of sp³-hybridized carbons (Fsp3) is 0.571. The van der Waals surface area contributed by atoms with Gasteiger partial charge in [-0.3, -0.25) is 9.89 Å². The maximum atomic E-state index is 12.4. The summed E-state index contributed by atoms with van der Waals surface area (Å²) in [6.45, 7) is 5.89. The summed E-state index contributed by atoms with van der Waals surface area (Å²) < 4.78 is 4.96. The maximum absolute atomic E-state index is 12.4. The summed E-state index contributed by atoms with van der Waals surface area (Å²) in [4.78, 5) is 16.8. The predicted octanol–water partition coefficient (Wildman–Crippen LogP) is 2.95. The highest BCUT2D eigenvalue weighted by atomic mass is 32.2. The first kappa shape index (κ1) is 16.5. The smallest absolute Gasteiger partial charge is 0.239 e. The molecule has 0 bridgehead atoms. The van der Waals surface area contributed by atoms with E-state index in [0.29, 0.717) is 16.7 Å². The van der Waals surface area contributed by atoms with Crippen LogP contribution < -0.4 is 5.32 Å². The number of rotatable bonds is 8. The molecule has 2 aromatic heterocycles. The molecule has 120 valence electrons. The van der Waals surface area contributed by atoms with E-state index in [0.717, 1.165) is 31.5 Å². The molecule has 7 nitrogen and oxygen atoms in total. The molecule has 0 spiro atoms. The van der Waals surface area contributed by atoms with Crippen LogP contribution in [0.2, 0.25) is 0 Å². The van der Waals surface area contributed by atoms with Crippen LogP contribution in [-0.2, 0) is 11.2 Å². The molecule has 1 atom stereocenters. The normalized spacial score (nSPS) is 12.3. The van der Waals surface area contributed by atoms with Crippen LogP contribution in [0.3, 0.4) is 0 Å². The lowest BCUT2D eigenvalue weighted by atomic mass is 10.2. The fourth-order valence-electron chi connectivity index (χ4n) is 1.88. The van der Waals surface area contributed by atoms with Crippen molar-refractivity contribution in [3.63, 3.8) is 0 Å². The standard InChI is InChI=1S/C14H21N5O2S/c1-4-6-7-10(22-14-16-11(5-2)17-18-14)13(20)15-12-8-9(3)21-19-12/h8,10H,4-7H2,1-3H3,(H,15,19,20)(H,16,17,18). The minimum atomic E-state index is -0.252. The first-order valence-corrected chi connectivity index (χ1v) is 8.32. The van der Waals surface area contributed by atoms with Crippen LogP contribution in [0.15, 0.2) is 15.7 Å². The van der Waals surface area contributed by atoms with Crippen molar-refractivity contribution < 1.29 is 9.32 Å². The second-order valence-corrected chi connectivity index (χ2v) is 6.15. The van der Waals surface area contributed by atoms with Crippen LogP contribution >= 0.6 is 11.8 Å². The topological polar surface area (TPSA) is 96.7 Å². The van der Waals surface area contributed by atoms with Gasteiger partial charge in [-0.25, -0.2) is 4.98 Å². The minimum absolute atomic E-state index is 0.102. The highest BCUT2D eigenvalue weighted by Crippen LogP contribution is 2.25. The molecule has 22 heavy (non-hydrogen) atoms. The number of hydrogen-bond acceptors (Lipinski definition) is 6. The average molecular weight is 323 g/mol. The van der Waals surface area contributed by atoms with Crippen molar-refractivity contribution >= 4 is 23.5 Å². The monoisotopic (exact) mass is 323 g/mol. The molecule has 1 amide bonds. The van der Waals surface area contributed by atoms with Gasteiger partial charge in [0.25, 0.3) is 0 Å². The number of aromatic nitrogens is 4. The number of hydrogen-bond donors (Lipinski definition) is 2. The van der Waals surface area contributed by atoms with E-state index in [4.69, 9.17) is 4.52 Å². The average Bonchev–Trinajstić information content (AvgIpc) is 3.12. The fourth-order valence-corrected chi connectivity index (χ4v) is 2.85. The molecule has 0 saturated carbocycles. The van der Waals surface area contributed by atoms with Crippen molar-refractivity contribution in [2.75, 3.05) is 5.32 Å². The van der Waals surface area contributed by atoms with E-state index >= 15 is 0 Å². The minimum Gasteiger partial charge on any atom is -0.360 e. The molecule has 0 saturated heterocycles. The number of nitrogens with zero attached hydrogens (tertiary/aromatic N) is 3. The third-order valence-electron chi connectivity index (χ3n) is 3.09. The maximum Gasteiger partial charge on any atom is 0.239 e. The Hall–Kier alpha value is -1.83. The van der Waals surface area contributed by atoms with Gasteiger partial charge < -0.3 is 9.84 Å². The zero-order valence-electron chi connectivity index (χ0n) is 13.0. The molecule has 0 aromatic carbocycles. The van der Waals surface area contributed by atoms with Crippen LogP contribution in [0.4, 0.5) is 5.82 Å². The van der Waals surface area contributed by atoms with Gasteiger partial charge in [-0.05, 0) is 13.3 Å². The van der Waals surface area contributed by atoms with E-state index in [9.17, 15) is 4.79 Å². The van der Waals surface area contributed by atoms with E-state index in [2.05, 4.69) is 32.6 Å². The second-order valence-electron chi connectivity index (χ2n) is 4.98. The molecule has 8 heteroatoms. The predicted molar refractivity (Wildman–Crippen MR) is 84.8 cm³/mol. The molecular formula is C14H21N5O2S. The third kappa shape index (κ3) is 4.59. The van der Waals surface area contributed by atoms with Crippen LogP contribution in [0.25, 0.3) is 0 Å². The van der Waals surface area contributed by atoms with Gasteiger partial charge in [-0.15, -0.1) is 5.10 Å². The van der Waals surface area contributed by atoms with Crippen molar-refractivity contribution in [1.82, 2.24) is 20.3 Å². The molecular weight excluding hydrogens is 302 g/mol. The number of thioether (sulfide) groups is 1. The number of unbranched alkanes of at least 4 members (excludes halogenated alkanes) is 1. The Morgan fingerprint density at radius 1 is 1.50 bits per heavy atom. The first-order valence-electron chi connectivity index (χ1n) is 7.44. The van der Waals surface area contributed by atoms with E-state index in [1.165, 1.54) is 11.8 Å². The Balaban J connectivity index is 2.02. The molecule has 1 unspecified atom stereocenters. The summed E-state index contributed by atoms with van der Waals surface area (Å²) in [7, 11) is 0. The van der Waals surface area contributed by atoms with Gasteiger partial charge in [0.2, 0.25) is 11.1 Å². The Bertz CT molecular complexity index is 610. The molecule has 0 aliphatic heterocycles. The molecule has 2 rings (SSSR count). The highest BCUT2D eigenvalue weighted by molar-refractivity contribution is 8.00. The van der Waals surface area contributed by atoms with Gasteiger partial charge >= 0.3 is 0 Å². The van der Waals surface area contributed by atoms with Crippen molar-refractivity contribution in [2.24, 2.45) is 0 Å². The summed E-state index contributed by atoms with van der Waals surface area (Å²) in [5.74, 6) is 1.82. The van der Waals surface area contributed by atoms with Crippen LogP contribution in [0, 0.1) is 6.92 Å². The molecule has 0 aliphatic carbocycles. The Kier molecular flexibility index (Phi) is 6.00. The van der Waals surface area contributed by atoms with E-state index in [-0.39, 0.29) is 11.2 Å². The van der Waals surface area contributed by atoms with Gasteiger partial charge in [0.05, 0.1) is 5.25 Å². The number of nitrogens with one attached hydrogen (secondary N) is 2. The lowest BCUT2D eigenvalue weighted by Gasteiger charge is -2.13. The lowest BCUT2D eigenvalue weighted by molar-refractivity contribution is -0.115. The number of aryl methyl sites for hydroxylation is 2.